The number of rotatable bonds is 8. The first-order valence-electron chi connectivity index (χ1n) is 9.69. The average Bonchev–Trinajstić information content (AvgIpc) is 2.73. The molecule has 0 fully saturated rings. The van der Waals surface area contributed by atoms with Crippen molar-refractivity contribution in [1.82, 2.24) is 0 Å². The van der Waals surface area contributed by atoms with Crippen LogP contribution < -0.4 is 9.47 Å². The first kappa shape index (κ1) is 22.6. The maximum absolute atomic E-state index is 11.7. The molecule has 2 unspecified atom stereocenters. The number of benzene rings is 2. The molecule has 0 spiro atoms. The number of carbonyl (C=O) groups excluding carboxylic acids is 2. The Morgan fingerprint density at radius 1 is 0.759 bits per heavy atom. The summed E-state index contributed by atoms with van der Waals surface area (Å²) < 4.78 is 10.3. The second-order valence-corrected chi connectivity index (χ2v) is 7.36. The number of ether oxygens (including phenoxy) is 2. The Kier molecular flexibility index (Phi) is 7.53. The van der Waals surface area contributed by atoms with Crippen molar-refractivity contribution in [2.75, 3.05) is 0 Å². The molecule has 0 heterocycles. The highest BCUT2D eigenvalue weighted by Gasteiger charge is 2.24. The van der Waals surface area contributed by atoms with Crippen molar-refractivity contribution in [2.24, 2.45) is 0 Å². The molecule has 0 saturated heterocycles. The lowest BCUT2D eigenvalue weighted by molar-refractivity contribution is -0.144. The number of aliphatic hydroxyl groups excluding tert-OH is 2. The number of aliphatic hydroxyl groups is 2. The molecule has 2 aromatic rings. The van der Waals surface area contributed by atoms with Gasteiger partial charge in [-0.2, -0.15) is 0 Å². The number of carbonyl (C=O) groups is 2. The molecule has 0 amide bonds. The standard InChI is InChI=1S/C23H28O6/c1-5-19(24)21(26)28-17-11-7-15(8-12-17)23(3,4)16-9-13-18(14-10-16)29-22(27)20(25)6-2/h7-14,19-20,24-25H,5-6H2,1-4H3. The zero-order chi connectivity index (χ0) is 21.6. The summed E-state index contributed by atoms with van der Waals surface area (Å²) in [5.41, 5.74) is 1.65. The van der Waals surface area contributed by atoms with Gasteiger partial charge in [0.15, 0.2) is 12.2 Å². The van der Waals surface area contributed by atoms with Crippen molar-refractivity contribution in [2.45, 2.75) is 58.2 Å². The molecule has 0 saturated carbocycles. The molecule has 0 aliphatic rings. The maximum atomic E-state index is 11.7. The van der Waals surface area contributed by atoms with Crippen LogP contribution in [-0.2, 0) is 15.0 Å². The van der Waals surface area contributed by atoms with E-state index in [0.29, 0.717) is 24.3 Å². The minimum Gasteiger partial charge on any atom is -0.425 e. The molecule has 156 valence electrons. The van der Waals surface area contributed by atoms with Crippen LogP contribution in [0.15, 0.2) is 48.5 Å². The van der Waals surface area contributed by atoms with Crippen LogP contribution in [-0.4, -0.2) is 34.4 Å². The Balaban J connectivity index is 2.11. The van der Waals surface area contributed by atoms with E-state index in [9.17, 15) is 19.8 Å². The molecule has 6 nitrogen and oxygen atoms in total. The minimum absolute atomic E-state index is 0.298. The Bertz CT molecular complexity index is 754. The van der Waals surface area contributed by atoms with E-state index in [1.54, 1.807) is 38.1 Å². The molecule has 2 rings (SSSR count). The fourth-order valence-electron chi connectivity index (χ4n) is 2.75. The van der Waals surface area contributed by atoms with Gasteiger partial charge in [0.05, 0.1) is 0 Å². The van der Waals surface area contributed by atoms with Crippen molar-refractivity contribution < 1.29 is 29.3 Å². The van der Waals surface area contributed by atoms with Crippen LogP contribution in [0.2, 0.25) is 0 Å². The van der Waals surface area contributed by atoms with Crippen molar-refractivity contribution in [3.8, 4) is 11.5 Å². The van der Waals surface area contributed by atoms with Crippen LogP contribution in [0.5, 0.6) is 11.5 Å². The summed E-state index contributed by atoms with van der Waals surface area (Å²) >= 11 is 0. The lowest BCUT2D eigenvalue weighted by Gasteiger charge is -2.26. The second kappa shape index (κ2) is 9.67. The number of hydrogen-bond donors (Lipinski definition) is 2. The third kappa shape index (κ3) is 5.65. The van der Waals surface area contributed by atoms with Crippen molar-refractivity contribution in [3.05, 3.63) is 59.7 Å². The number of hydrogen-bond acceptors (Lipinski definition) is 6. The van der Waals surface area contributed by atoms with Gasteiger partial charge in [0.2, 0.25) is 0 Å². The van der Waals surface area contributed by atoms with E-state index in [1.807, 2.05) is 24.3 Å². The zero-order valence-electron chi connectivity index (χ0n) is 17.2. The highest BCUT2D eigenvalue weighted by molar-refractivity contribution is 5.77. The Morgan fingerprint density at radius 3 is 1.34 bits per heavy atom. The Morgan fingerprint density at radius 2 is 1.07 bits per heavy atom. The fraction of sp³-hybridized carbons (Fsp3) is 0.391. The summed E-state index contributed by atoms with van der Waals surface area (Å²) in [7, 11) is 0. The third-order valence-electron chi connectivity index (χ3n) is 4.91. The van der Waals surface area contributed by atoms with Crippen molar-refractivity contribution in [1.29, 1.82) is 0 Å². The van der Waals surface area contributed by atoms with Crippen LogP contribution in [0.25, 0.3) is 0 Å². The van der Waals surface area contributed by atoms with E-state index in [2.05, 4.69) is 13.8 Å². The summed E-state index contributed by atoms with van der Waals surface area (Å²) in [6.07, 6.45) is -1.66. The van der Waals surface area contributed by atoms with Gasteiger partial charge in [0.25, 0.3) is 0 Å². The molecular formula is C23H28O6. The van der Waals surface area contributed by atoms with Gasteiger partial charge < -0.3 is 19.7 Å². The summed E-state index contributed by atoms with van der Waals surface area (Å²) in [5.74, 6) is -0.590. The topological polar surface area (TPSA) is 93.1 Å². The van der Waals surface area contributed by atoms with E-state index in [1.165, 1.54) is 0 Å². The van der Waals surface area contributed by atoms with Crippen LogP contribution in [0.3, 0.4) is 0 Å². The van der Waals surface area contributed by atoms with Crippen LogP contribution in [0.4, 0.5) is 0 Å². The maximum Gasteiger partial charge on any atom is 0.340 e. The predicted molar refractivity (Wildman–Crippen MR) is 109 cm³/mol. The molecule has 0 radical (unpaired) electrons. The molecular weight excluding hydrogens is 372 g/mol. The largest absolute Gasteiger partial charge is 0.425 e. The Labute approximate surface area is 171 Å². The fourth-order valence-corrected chi connectivity index (χ4v) is 2.75. The summed E-state index contributed by atoms with van der Waals surface area (Å²) in [4.78, 5) is 23.4. The van der Waals surface area contributed by atoms with Gasteiger partial charge in [-0.05, 0) is 48.2 Å². The molecule has 0 bridgehead atoms. The van der Waals surface area contributed by atoms with Crippen LogP contribution in [0.1, 0.15) is 51.7 Å². The first-order chi connectivity index (χ1) is 13.7. The predicted octanol–water partition coefficient (Wildman–Crippen LogP) is 3.37. The molecule has 6 heteroatoms. The first-order valence-corrected chi connectivity index (χ1v) is 9.69. The van der Waals surface area contributed by atoms with Gasteiger partial charge in [-0.25, -0.2) is 9.59 Å². The van der Waals surface area contributed by atoms with E-state index in [4.69, 9.17) is 9.47 Å². The Hall–Kier alpha value is -2.70. The van der Waals surface area contributed by atoms with Crippen molar-refractivity contribution in [3.63, 3.8) is 0 Å². The smallest absolute Gasteiger partial charge is 0.340 e. The molecule has 0 aromatic heterocycles. The second-order valence-electron chi connectivity index (χ2n) is 7.36. The minimum atomic E-state index is -1.13. The SMILES string of the molecule is CCC(O)C(=O)Oc1ccc(C(C)(C)c2ccc(OC(=O)C(O)CC)cc2)cc1. The van der Waals surface area contributed by atoms with Gasteiger partial charge in [-0.15, -0.1) is 0 Å². The number of esters is 2. The quantitative estimate of drug-likeness (QED) is 0.521. The zero-order valence-corrected chi connectivity index (χ0v) is 17.2. The molecule has 0 aliphatic heterocycles. The normalized spacial score (nSPS) is 13.4. The molecule has 2 atom stereocenters. The molecule has 0 aliphatic carbocycles. The van der Waals surface area contributed by atoms with Gasteiger partial charge in [-0.1, -0.05) is 52.0 Å². The monoisotopic (exact) mass is 400 g/mol. The van der Waals surface area contributed by atoms with E-state index in [0.717, 1.165) is 11.1 Å². The van der Waals surface area contributed by atoms with Gasteiger partial charge >= 0.3 is 11.9 Å². The molecule has 29 heavy (non-hydrogen) atoms. The van der Waals surface area contributed by atoms with Crippen LogP contribution in [0, 0.1) is 0 Å². The lowest BCUT2D eigenvalue weighted by atomic mass is 9.78. The highest BCUT2D eigenvalue weighted by Crippen LogP contribution is 2.33. The summed E-state index contributed by atoms with van der Waals surface area (Å²) in [6.45, 7) is 7.51. The average molecular weight is 400 g/mol. The van der Waals surface area contributed by atoms with E-state index in [-0.39, 0.29) is 5.41 Å². The third-order valence-corrected chi connectivity index (χ3v) is 4.91. The van der Waals surface area contributed by atoms with E-state index >= 15 is 0 Å². The van der Waals surface area contributed by atoms with Gasteiger partial charge in [-0.3, -0.25) is 0 Å². The van der Waals surface area contributed by atoms with Crippen molar-refractivity contribution >= 4 is 11.9 Å². The van der Waals surface area contributed by atoms with E-state index < -0.39 is 24.1 Å². The van der Waals surface area contributed by atoms with Gasteiger partial charge in [0.1, 0.15) is 11.5 Å². The summed E-state index contributed by atoms with van der Waals surface area (Å²) in [5, 5.41) is 19.0. The molecule has 2 aromatic carbocycles. The van der Waals surface area contributed by atoms with Gasteiger partial charge in [0, 0.05) is 5.41 Å². The summed E-state index contributed by atoms with van der Waals surface area (Å²) in [6, 6.07) is 14.2. The lowest BCUT2D eigenvalue weighted by Crippen LogP contribution is -2.25. The molecule has 2 N–H and O–H groups in total. The van der Waals surface area contributed by atoms with Crippen LogP contribution >= 0.6 is 0 Å². The highest BCUT2D eigenvalue weighted by atomic mass is 16.6.